The maximum absolute atomic E-state index is 3.94. The molecule has 0 atom stereocenters. The molecule has 0 spiro atoms. The Morgan fingerprint density at radius 3 is 1.83 bits per heavy atom. The van der Waals surface area contributed by atoms with E-state index in [0.29, 0.717) is 0 Å². The molecule has 1 aromatic rings. The molecule has 0 N–H and O–H groups in total. The predicted octanol–water partition coefficient (Wildman–Crippen LogP) is 3.64. The van der Waals surface area contributed by atoms with E-state index in [2.05, 4.69) is 39.5 Å². The molecule has 0 saturated carbocycles. The van der Waals surface area contributed by atoms with Crippen LogP contribution in [0.1, 0.15) is 29.2 Å². The summed E-state index contributed by atoms with van der Waals surface area (Å²) in [7, 11) is 0. The van der Waals surface area contributed by atoms with Gasteiger partial charge < -0.3 is 0 Å². The summed E-state index contributed by atoms with van der Waals surface area (Å²) in [4.78, 5) is 0. The highest BCUT2D eigenvalue weighted by molar-refractivity contribution is 5.63. The minimum absolute atomic E-state index is 1.14. The van der Waals surface area contributed by atoms with Crippen LogP contribution in [0.3, 0.4) is 0 Å². The monoisotopic (exact) mass is 160 g/mol. The Balaban J connectivity index is 3.31. The zero-order valence-electron chi connectivity index (χ0n) is 8.36. The average Bonchev–Trinajstić information content (AvgIpc) is 1.99. The van der Waals surface area contributed by atoms with Gasteiger partial charge in [-0.2, -0.15) is 0 Å². The molecule has 0 aliphatic rings. The second-order valence-electron chi connectivity index (χ2n) is 3.52. The van der Waals surface area contributed by atoms with Crippen LogP contribution in [0.25, 0.3) is 5.57 Å². The number of hydrogen-bond acceptors (Lipinski definition) is 0. The first-order chi connectivity index (χ1) is 5.52. The van der Waals surface area contributed by atoms with Gasteiger partial charge in [0.1, 0.15) is 0 Å². The van der Waals surface area contributed by atoms with Gasteiger partial charge in [0.25, 0.3) is 0 Å². The molecule has 0 amide bonds. The molecule has 0 heteroatoms. The summed E-state index contributed by atoms with van der Waals surface area (Å²) in [6.07, 6.45) is 0. The van der Waals surface area contributed by atoms with Crippen LogP contribution in [0.4, 0.5) is 0 Å². The Hall–Kier alpha value is -1.04. The summed E-state index contributed by atoms with van der Waals surface area (Å²) in [6.45, 7) is 12.4. The topological polar surface area (TPSA) is 0 Å². The fourth-order valence-electron chi connectivity index (χ4n) is 1.28. The van der Waals surface area contributed by atoms with E-state index >= 15 is 0 Å². The van der Waals surface area contributed by atoms with Crippen LogP contribution in [-0.4, -0.2) is 0 Å². The van der Waals surface area contributed by atoms with Crippen LogP contribution >= 0.6 is 0 Å². The largest absolute Gasteiger partial charge is 0.0955 e. The van der Waals surface area contributed by atoms with Gasteiger partial charge in [0.15, 0.2) is 0 Å². The SMILES string of the molecule is C=C(C)c1cc(C)c(C)c(C)c1. The lowest BCUT2D eigenvalue weighted by Gasteiger charge is -2.08. The molecule has 12 heavy (non-hydrogen) atoms. The van der Waals surface area contributed by atoms with Crippen LogP contribution < -0.4 is 0 Å². The molecule has 0 aliphatic heterocycles. The molecule has 0 fully saturated rings. The van der Waals surface area contributed by atoms with Gasteiger partial charge in [-0.15, -0.1) is 0 Å². The molecule has 0 bridgehead atoms. The molecule has 0 saturated heterocycles. The molecule has 0 aromatic heterocycles. The van der Waals surface area contributed by atoms with Crippen LogP contribution in [0.5, 0.6) is 0 Å². The fourth-order valence-corrected chi connectivity index (χ4v) is 1.28. The second-order valence-corrected chi connectivity index (χ2v) is 3.52. The van der Waals surface area contributed by atoms with Crippen molar-refractivity contribution in [3.05, 3.63) is 41.0 Å². The molecule has 64 valence electrons. The van der Waals surface area contributed by atoms with Crippen molar-refractivity contribution in [1.82, 2.24) is 0 Å². The first-order valence-corrected chi connectivity index (χ1v) is 4.26. The Kier molecular flexibility index (Phi) is 2.37. The summed E-state index contributed by atoms with van der Waals surface area (Å²) in [6, 6.07) is 4.40. The van der Waals surface area contributed by atoms with Crippen molar-refractivity contribution in [2.45, 2.75) is 27.7 Å². The highest BCUT2D eigenvalue weighted by Gasteiger charge is 2.00. The fraction of sp³-hybridized carbons (Fsp3) is 0.333. The lowest BCUT2D eigenvalue weighted by molar-refractivity contribution is 1.25. The number of rotatable bonds is 1. The first-order valence-electron chi connectivity index (χ1n) is 4.26. The number of hydrogen-bond donors (Lipinski definition) is 0. The van der Waals surface area contributed by atoms with Gasteiger partial charge >= 0.3 is 0 Å². The Morgan fingerprint density at radius 2 is 1.50 bits per heavy atom. The van der Waals surface area contributed by atoms with Crippen molar-refractivity contribution in [3.63, 3.8) is 0 Å². The van der Waals surface area contributed by atoms with Gasteiger partial charge in [0, 0.05) is 0 Å². The Labute approximate surface area is 74.9 Å². The molecule has 0 radical (unpaired) electrons. The molecule has 0 unspecified atom stereocenters. The molecule has 0 aliphatic carbocycles. The van der Waals surface area contributed by atoms with Gasteiger partial charge in [0.05, 0.1) is 0 Å². The third kappa shape index (κ3) is 1.58. The van der Waals surface area contributed by atoms with Crippen LogP contribution in [-0.2, 0) is 0 Å². The molecular weight excluding hydrogens is 144 g/mol. The Morgan fingerprint density at radius 1 is 1.08 bits per heavy atom. The second kappa shape index (κ2) is 3.14. The Bertz CT molecular complexity index is 296. The first kappa shape index (κ1) is 9.05. The smallest absolute Gasteiger partial charge is 0.0228 e. The summed E-state index contributed by atoms with van der Waals surface area (Å²) < 4.78 is 0. The van der Waals surface area contributed by atoms with Crippen molar-refractivity contribution in [2.75, 3.05) is 0 Å². The van der Waals surface area contributed by atoms with E-state index in [1.165, 1.54) is 22.3 Å². The predicted molar refractivity (Wildman–Crippen MR) is 55.4 cm³/mol. The van der Waals surface area contributed by atoms with Crippen LogP contribution in [0.2, 0.25) is 0 Å². The van der Waals surface area contributed by atoms with Crippen molar-refractivity contribution in [1.29, 1.82) is 0 Å². The van der Waals surface area contributed by atoms with Crippen molar-refractivity contribution >= 4 is 5.57 Å². The van der Waals surface area contributed by atoms with E-state index in [4.69, 9.17) is 0 Å². The third-order valence-corrected chi connectivity index (χ3v) is 2.42. The lowest BCUT2D eigenvalue weighted by Crippen LogP contribution is -1.89. The third-order valence-electron chi connectivity index (χ3n) is 2.42. The van der Waals surface area contributed by atoms with E-state index in [9.17, 15) is 0 Å². The normalized spacial score (nSPS) is 10.0. The number of benzene rings is 1. The van der Waals surface area contributed by atoms with Crippen molar-refractivity contribution in [3.8, 4) is 0 Å². The highest BCUT2D eigenvalue weighted by atomic mass is 14.1. The minimum atomic E-state index is 1.14. The van der Waals surface area contributed by atoms with E-state index < -0.39 is 0 Å². The minimum Gasteiger partial charge on any atom is -0.0955 e. The summed E-state index contributed by atoms with van der Waals surface area (Å²) in [5, 5.41) is 0. The zero-order chi connectivity index (χ0) is 9.30. The van der Waals surface area contributed by atoms with Crippen molar-refractivity contribution in [2.24, 2.45) is 0 Å². The lowest BCUT2D eigenvalue weighted by atomic mass is 9.98. The van der Waals surface area contributed by atoms with Gasteiger partial charge in [-0.05, 0) is 49.9 Å². The van der Waals surface area contributed by atoms with E-state index in [0.717, 1.165) is 5.57 Å². The molecule has 0 heterocycles. The van der Waals surface area contributed by atoms with E-state index in [1.54, 1.807) is 0 Å². The van der Waals surface area contributed by atoms with Gasteiger partial charge in [0.2, 0.25) is 0 Å². The average molecular weight is 160 g/mol. The number of allylic oxidation sites excluding steroid dienone is 1. The zero-order valence-corrected chi connectivity index (χ0v) is 8.36. The molecule has 0 nitrogen and oxygen atoms in total. The summed E-state index contributed by atoms with van der Waals surface area (Å²) in [5.41, 5.74) is 6.50. The molecule has 1 rings (SSSR count). The van der Waals surface area contributed by atoms with Gasteiger partial charge in [-0.25, -0.2) is 0 Å². The quantitative estimate of drug-likeness (QED) is 0.588. The van der Waals surface area contributed by atoms with Crippen molar-refractivity contribution < 1.29 is 0 Å². The standard InChI is InChI=1S/C12H16/c1-8(2)12-6-9(3)11(5)10(4)7-12/h6-7H,1H2,2-5H3. The van der Waals surface area contributed by atoms with Crippen LogP contribution in [0.15, 0.2) is 18.7 Å². The van der Waals surface area contributed by atoms with Crippen LogP contribution in [0, 0.1) is 20.8 Å². The number of aryl methyl sites for hydroxylation is 2. The summed E-state index contributed by atoms with van der Waals surface area (Å²) >= 11 is 0. The summed E-state index contributed by atoms with van der Waals surface area (Å²) in [5.74, 6) is 0. The molecular formula is C12H16. The highest BCUT2D eigenvalue weighted by Crippen LogP contribution is 2.19. The van der Waals surface area contributed by atoms with Gasteiger partial charge in [-0.3, -0.25) is 0 Å². The van der Waals surface area contributed by atoms with E-state index in [1.807, 2.05) is 6.92 Å². The molecule has 1 aromatic carbocycles. The van der Waals surface area contributed by atoms with E-state index in [-0.39, 0.29) is 0 Å². The maximum atomic E-state index is 3.94. The maximum Gasteiger partial charge on any atom is -0.0228 e. The van der Waals surface area contributed by atoms with Gasteiger partial charge in [-0.1, -0.05) is 24.3 Å².